The molecule has 1 rings (SSSR count). The Morgan fingerprint density at radius 1 is 1.58 bits per heavy atom. The maximum Gasteiger partial charge on any atom is 0.186 e. The molecule has 4 nitrogen and oxygen atoms in total. The highest BCUT2D eigenvalue weighted by Crippen LogP contribution is 2.29. The zero-order valence-electron chi connectivity index (χ0n) is 7.45. The molecule has 0 aromatic rings. The fraction of sp³-hybridized carbons (Fsp3) is 0.875. The monoisotopic (exact) mass is 171 g/mol. The zero-order chi connectivity index (χ0) is 9.19. The summed E-state index contributed by atoms with van der Waals surface area (Å²) in [5.41, 5.74) is 9.93. The van der Waals surface area contributed by atoms with Gasteiger partial charge in [-0.05, 0) is 32.6 Å². The summed E-state index contributed by atoms with van der Waals surface area (Å²) >= 11 is 0. The zero-order valence-corrected chi connectivity index (χ0v) is 7.45. The third-order valence-electron chi connectivity index (χ3n) is 2.26. The number of aliphatic imine (C=N–C) groups is 1. The standard InChI is InChI=1S/C8H17N3O/c1-8(12)4-2-3-6(5-8)11-7(9)10/h6,12H,2-5H2,1H3,(H4,9,10,11). The predicted molar refractivity (Wildman–Crippen MR) is 48.7 cm³/mol. The largest absolute Gasteiger partial charge is 0.390 e. The first kappa shape index (κ1) is 9.32. The molecular weight excluding hydrogens is 154 g/mol. The lowest BCUT2D eigenvalue weighted by molar-refractivity contribution is 0.0160. The molecule has 0 aliphatic heterocycles. The summed E-state index contributed by atoms with van der Waals surface area (Å²) in [6.07, 6.45) is 3.50. The van der Waals surface area contributed by atoms with Crippen LogP contribution in [0.4, 0.5) is 0 Å². The van der Waals surface area contributed by atoms with Crippen LogP contribution in [0, 0.1) is 0 Å². The van der Waals surface area contributed by atoms with Crippen molar-refractivity contribution in [2.75, 3.05) is 0 Å². The number of nitrogens with zero attached hydrogens (tertiary/aromatic N) is 1. The van der Waals surface area contributed by atoms with Gasteiger partial charge < -0.3 is 16.6 Å². The van der Waals surface area contributed by atoms with Crippen LogP contribution in [0.3, 0.4) is 0 Å². The Morgan fingerprint density at radius 2 is 2.25 bits per heavy atom. The number of hydrogen-bond donors (Lipinski definition) is 3. The van der Waals surface area contributed by atoms with Gasteiger partial charge in [-0.3, -0.25) is 4.99 Å². The molecule has 0 aromatic heterocycles. The molecule has 1 aliphatic carbocycles. The van der Waals surface area contributed by atoms with Crippen LogP contribution in [0.2, 0.25) is 0 Å². The van der Waals surface area contributed by atoms with E-state index in [-0.39, 0.29) is 12.0 Å². The van der Waals surface area contributed by atoms with Gasteiger partial charge >= 0.3 is 0 Å². The number of hydrogen-bond acceptors (Lipinski definition) is 2. The third-order valence-corrected chi connectivity index (χ3v) is 2.26. The summed E-state index contributed by atoms with van der Waals surface area (Å²) in [5.74, 6) is 0.123. The van der Waals surface area contributed by atoms with Gasteiger partial charge in [-0.2, -0.15) is 0 Å². The van der Waals surface area contributed by atoms with Crippen molar-refractivity contribution in [1.29, 1.82) is 0 Å². The van der Waals surface area contributed by atoms with E-state index in [0.29, 0.717) is 6.42 Å². The van der Waals surface area contributed by atoms with E-state index < -0.39 is 5.60 Å². The van der Waals surface area contributed by atoms with Crippen molar-refractivity contribution in [1.82, 2.24) is 0 Å². The van der Waals surface area contributed by atoms with Crippen LogP contribution in [-0.4, -0.2) is 22.7 Å². The average molecular weight is 171 g/mol. The Morgan fingerprint density at radius 3 is 2.75 bits per heavy atom. The molecular formula is C8H17N3O. The molecule has 0 aromatic carbocycles. The molecule has 0 spiro atoms. The Kier molecular flexibility index (Phi) is 2.57. The van der Waals surface area contributed by atoms with Gasteiger partial charge in [0.05, 0.1) is 11.6 Å². The molecule has 1 aliphatic rings. The second-order valence-corrected chi connectivity index (χ2v) is 3.80. The minimum Gasteiger partial charge on any atom is -0.390 e. The van der Waals surface area contributed by atoms with Gasteiger partial charge in [-0.15, -0.1) is 0 Å². The molecule has 0 radical (unpaired) electrons. The van der Waals surface area contributed by atoms with Crippen LogP contribution in [0.15, 0.2) is 4.99 Å². The molecule has 12 heavy (non-hydrogen) atoms. The third kappa shape index (κ3) is 2.70. The maximum atomic E-state index is 9.71. The first-order chi connectivity index (χ1) is 5.49. The Balaban J connectivity index is 2.52. The first-order valence-corrected chi connectivity index (χ1v) is 4.31. The molecule has 70 valence electrons. The van der Waals surface area contributed by atoms with Gasteiger partial charge in [-0.25, -0.2) is 0 Å². The van der Waals surface area contributed by atoms with E-state index in [2.05, 4.69) is 4.99 Å². The minimum atomic E-state index is -0.581. The molecule has 5 N–H and O–H groups in total. The van der Waals surface area contributed by atoms with E-state index in [0.717, 1.165) is 19.3 Å². The van der Waals surface area contributed by atoms with E-state index in [1.165, 1.54) is 0 Å². The highest BCUT2D eigenvalue weighted by molar-refractivity contribution is 5.75. The number of nitrogens with two attached hydrogens (primary N) is 2. The van der Waals surface area contributed by atoms with Crippen molar-refractivity contribution >= 4 is 5.96 Å². The SMILES string of the molecule is CC1(O)CCCC(N=C(N)N)C1. The van der Waals surface area contributed by atoms with Crippen molar-refractivity contribution in [3.8, 4) is 0 Å². The molecule has 1 fully saturated rings. The predicted octanol–water partition coefficient (Wildman–Crippen LogP) is -0.0466. The van der Waals surface area contributed by atoms with Gasteiger partial charge in [0, 0.05) is 0 Å². The van der Waals surface area contributed by atoms with Crippen molar-refractivity contribution < 1.29 is 5.11 Å². The van der Waals surface area contributed by atoms with Crippen LogP contribution in [0.5, 0.6) is 0 Å². The fourth-order valence-electron chi connectivity index (χ4n) is 1.75. The first-order valence-electron chi connectivity index (χ1n) is 4.31. The van der Waals surface area contributed by atoms with Crippen LogP contribution < -0.4 is 11.5 Å². The van der Waals surface area contributed by atoms with Gasteiger partial charge in [0.15, 0.2) is 5.96 Å². The number of guanidine groups is 1. The fourth-order valence-corrected chi connectivity index (χ4v) is 1.75. The molecule has 0 saturated heterocycles. The molecule has 0 bridgehead atoms. The van der Waals surface area contributed by atoms with Crippen LogP contribution >= 0.6 is 0 Å². The lowest BCUT2D eigenvalue weighted by atomic mass is 9.83. The van der Waals surface area contributed by atoms with Crippen LogP contribution in [0.25, 0.3) is 0 Å². The molecule has 0 heterocycles. The summed E-state index contributed by atoms with van der Waals surface area (Å²) in [6, 6.07) is 0.110. The Labute approximate surface area is 72.7 Å². The molecule has 2 unspecified atom stereocenters. The highest BCUT2D eigenvalue weighted by atomic mass is 16.3. The second-order valence-electron chi connectivity index (χ2n) is 3.80. The summed E-state index contributed by atoms with van der Waals surface area (Å²) in [7, 11) is 0. The summed E-state index contributed by atoms with van der Waals surface area (Å²) < 4.78 is 0. The highest BCUT2D eigenvalue weighted by Gasteiger charge is 2.29. The van der Waals surface area contributed by atoms with Crippen LogP contribution in [-0.2, 0) is 0 Å². The van der Waals surface area contributed by atoms with E-state index in [4.69, 9.17) is 11.5 Å². The average Bonchev–Trinajstić information content (AvgIpc) is 1.82. The lowest BCUT2D eigenvalue weighted by Gasteiger charge is -2.31. The summed E-state index contributed by atoms with van der Waals surface area (Å²) in [4.78, 5) is 4.04. The van der Waals surface area contributed by atoms with Gasteiger partial charge in [0.2, 0.25) is 0 Å². The molecule has 4 heteroatoms. The smallest absolute Gasteiger partial charge is 0.186 e. The molecule has 1 saturated carbocycles. The van der Waals surface area contributed by atoms with Crippen molar-refractivity contribution in [2.24, 2.45) is 16.5 Å². The molecule has 0 amide bonds. The number of rotatable bonds is 1. The number of aliphatic hydroxyl groups is 1. The second kappa shape index (κ2) is 3.31. The van der Waals surface area contributed by atoms with Gasteiger partial charge in [-0.1, -0.05) is 0 Å². The van der Waals surface area contributed by atoms with Crippen molar-refractivity contribution in [3.05, 3.63) is 0 Å². The Hall–Kier alpha value is -0.770. The van der Waals surface area contributed by atoms with E-state index in [9.17, 15) is 5.11 Å². The van der Waals surface area contributed by atoms with Crippen molar-refractivity contribution in [2.45, 2.75) is 44.2 Å². The van der Waals surface area contributed by atoms with E-state index in [1.807, 2.05) is 6.92 Å². The Bertz CT molecular complexity index is 185. The van der Waals surface area contributed by atoms with E-state index >= 15 is 0 Å². The lowest BCUT2D eigenvalue weighted by Crippen LogP contribution is -2.35. The minimum absolute atomic E-state index is 0.110. The van der Waals surface area contributed by atoms with Gasteiger partial charge in [0.1, 0.15) is 0 Å². The summed E-state index contributed by atoms with van der Waals surface area (Å²) in [5, 5.41) is 9.71. The van der Waals surface area contributed by atoms with Crippen molar-refractivity contribution in [3.63, 3.8) is 0 Å². The normalized spacial score (nSPS) is 36.0. The quantitative estimate of drug-likeness (QED) is 0.382. The topological polar surface area (TPSA) is 84.6 Å². The van der Waals surface area contributed by atoms with Crippen LogP contribution in [0.1, 0.15) is 32.6 Å². The van der Waals surface area contributed by atoms with E-state index in [1.54, 1.807) is 0 Å². The maximum absolute atomic E-state index is 9.71. The summed E-state index contributed by atoms with van der Waals surface area (Å²) in [6.45, 7) is 1.83. The van der Waals surface area contributed by atoms with Gasteiger partial charge in [0.25, 0.3) is 0 Å². The molecule has 2 atom stereocenters.